The minimum absolute atomic E-state index is 0.580. The lowest BCUT2D eigenvalue weighted by Crippen LogP contribution is -2.54. The lowest BCUT2D eigenvalue weighted by atomic mass is 9.48. The van der Waals surface area contributed by atoms with E-state index in [1.165, 1.54) is 38.5 Å². The Balaban J connectivity index is 1.44. The molecule has 1 atom stereocenters. The maximum Gasteiger partial charge on any atom is 0.0724 e. The van der Waals surface area contributed by atoms with Crippen molar-refractivity contribution in [2.24, 2.45) is 23.2 Å². The Morgan fingerprint density at radius 3 is 2.35 bits per heavy atom. The van der Waals surface area contributed by atoms with Crippen molar-refractivity contribution in [1.82, 2.24) is 15.3 Å². The van der Waals surface area contributed by atoms with Crippen LogP contribution in [0.3, 0.4) is 0 Å². The van der Waals surface area contributed by atoms with E-state index in [1.54, 1.807) is 12.4 Å². The molecular weight excluding hydrogens is 246 g/mol. The van der Waals surface area contributed by atoms with Crippen molar-refractivity contribution in [3.8, 4) is 0 Å². The maximum absolute atomic E-state index is 4.37. The fourth-order valence-corrected chi connectivity index (χ4v) is 5.60. The minimum atomic E-state index is 0.580. The summed E-state index contributed by atoms with van der Waals surface area (Å²) in [5.41, 5.74) is 1.64. The number of nitrogens with one attached hydrogen (secondary N) is 1. The van der Waals surface area contributed by atoms with Gasteiger partial charge in [0.25, 0.3) is 0 Å². The van der Waals surface area contributed by atoms with Gasteiger partial charge < -0.3 is 5.32 Å². The third-order valence-electron chi connectivity index (χ3n) is 6.21. The molecule has 0 aromatic carbocycles. The second-order valence-corrected chi connectivity index (χ2v) is 7.58. The van der Waals surface area contributed by atoms with Crippen molar-refractivity contribution in [2.45, 2.75) is 58.0 Å². The van der Waals surface area contributed by atoms with Crippen LogP contribution < -0.4 is 5.32 Å². The molecular formula is C17H25N3. The SMILES string of the molecule is CC(NCc1cnccn1)C12CC3CC(CC(C3)C1)C2. The van der Waals surface area contributed by atoms with Crippen molar-refractivity contribution in [1.29, 1.82) is 0 Å². The predicted octanol–water partition coefficient (Wildman–Crippen LogP) is 3.17. The first-order valence-electron chi connectivity index (χ1n) is 8.22. The molecule has 0 saturated heterocycles. The van der Waals surface area contributed by atoms with Crippen LogP contribution in [-0.2, 0) is 6.54 Å². The molecule has 0 radical (unpaired) electrons. The Morgan fingerprint density at radius 2 is 1.80 bits per heavy atom. The highest BCUT2D eigenvalue weighted by atomic mass is 15.0. The second kappa shape index (κ2) is 4.80. The van der Waals surface area contributed by atoms with Crippen molar-refractivity contribution in [3.05, 3.63) is 24.3 Å². The van der Waals surface area contributed by atoms with Crippen molar-refractivity contribution in [3.63, 3.8) is 0 Å². The molecule has 3 heteroatoms. The van der Waals surface area contributed by atoms with E-state index in [9.17, 15) is 0 Å². The number of hydrogen-bond acceptors (Lipinski definition) is 3. The van der Waals surface area contributed by atoms with Gasteiger partial charge in [-0.25, -0.2) is 0 Å². The molecule has 5 rings (SSSR count). The van der Waals surface area contributed by atoms with E-state index in [1.807, 2.05) is 6.20 Å². The normalized spacial score (nSPS) is 40.0. The van der Waals surface area contributed by atoms with Gasteiger partial charge in [-0.05, 0) is 68.6 Å². The summed E-state index contributed by atoms with van der Waals surface area (Å²) in [6.45, 7) is 3.26. The zero-order valence-electron chi connectivity index (χ0n) is 12.4. The molecule has 1 aromatic heterocycles. The van der Waals surface area contributed by atoms with Crippen LogP contribution in [0.2, 0.25) is 0 Å². The summed E-state index contributed by atoms with van der Waals surface area (Å²) in [7, 11) is 0. The Labute approximate surface area is 121 Å². The molecule has 0 amide bonds. The van der Waals surface area contributed by atoms with Crippen LogP contribution in [0.15, 0.2) is 18.6 Å². The highest BCUT2D eigenvalue weighted by Gasteiger charge is 2.52. The minimum Gasteiger partial charge on any atom is -0.308 e. The lowest BCUT2D eigenvalue weighted by Gasteiger charge is -2.59. The van der Waals surface area contributed by atoms with Gasteiger partial charge in [0.1, 0.15) is 0 Å². The molecule has 4 fully saturated rings. The standard InChI is InChI=1S/C17H25N3/c1-12(20-11-16-10-18-2-3-19-16)17-7-13-4-14(8-17)6-15(5-13)9-17/h2-3,10,12-15,20H,4-9,11H2,1H3. The number of hydrogen-bond donors (Lipinski definition) is 1. The van der Waals surface area contributed by atoms with Crippen LogP contribution in [0.25, 0.3) is 0 Å². The van der Waals surface area contributed by atoms with Crippen LogP contribution in [-0.4, -0.2) is 16.0 Å². The fourth-order valence-electron chi connectivity index (χ4n) is 5.60. The molecule has 4 saturated carbocycles. The molecule has 20 heavy (non-hydrogen) atoms. The summed E-state index contributed by atoms with van der Waals surface area (Å²) in [6.07, 6.45) is 14.4. The Hall–Kier alpha value is -0.960. The quantitative estimate of drug-likeness (QED) is 0.914. The van der Waals surface area contributed by atoms with Gasteiger partial charge in [-0.1, -0.05) is 0 Å². The van der Waals surface area contributed by atoms with Crippen molar-refractivity contribution in [2.75, 3.05) is 0 Å². The van der Waals surface area contributed by atoms with E-state index in [2.05, 4.69) is 22.2 Å². The van der Waals surface area contributed by atoms with Crippen LogP contribution in [0.5, 0.6) is 0 Å². The smallest absolute Gasteiger partial charge is 0.0724 e. The largest absolute Gasteiger partial charge is 0.308 e. The highest BCUT2D eigenvalue weighted by Crippen LogP contribution is 2.61. The topological polar surface area (TPSA) is 37.8 Å². The van der Waals surface area contributed by atoms with E-state index in [-0.39, 0.29) is 0 Å². The van der Waals surface area contributed by atoms with Gasteiger partial charge in [-0.2, -0.15) is 0 Å². The Kier molecular flexibility index (Phi) is 3.06. The number of nitrogens with zero attached hydrogens (tertiary/aromatic N) is 2. The summed E-state index contributed by atoms with van der Waals surface area (Å²) >= 11 is 0. The van der Waals surface area contributed by atoms with E-state index in [4.69, 9.17) is 0 Å². The molecule has 3 nitrogen and oxygen atoms in total. The van der Waals surface area contributed by atoms with E-state index >= 15 is 0 Å². The van der Waals surface area contributed by atoms with Gasteiger partial charge in [-0.15, -0.1) is 0 Å². The molecule has 1 unspecified atom stereocenters. The summed E-state index contributed by atoms with van der Waals surface area (Å²) < 4.78 is 0. The fraction of sp³-hybridized carbons (Fsp3) is 0.765. The number of rotatable bonds is 4. The average molecular weight is 271 g/mol. The molecule has 4 aliphatic rings. The summed E-state index contributed by atoms with van der Waals surface area (Å²) in [5.74, 6) is 3.09. The second-order valence-electron chi connectivity index (χ2n) is 7.58. The van der Waals surface area contributed by atoms with Crippen LogP contribution in [0.1, 0.15) is 51.1 Å². The van der Waals surface area contributed by atoms with Crippen molar-refractivity contribution < 1.29 is 0 Å². The first-order chi connectivity index (χ1) is 9.73. The first kappa shape index (κ1) is 12.8. The molecule has 4 aliphatic carbocycles. The first-order valence-corrected chi connectivity index (χ1v) is 8.22. The Morgan fingerprint density at radius 1 is 1.15 bits per heavy atom. The predicted molar refractivity (Wildman–Crippen MR) is 78.9 cm³/mol. The zero-order valence-corrected chi connectivity index (χ0v) is 12.4. The Bertz CT molecular complexity index is 435. The van der Waals surface area contributed by atoms with Gasteiger partial charge in [0.2, 0.25) is 0 Å². The molecule has 108 valence electrons. The van der Waals surface area contributed by atoms with Gasteiger partial charge in [-0.3, -0.25) is 9.97 Å². The summed E-state index contributed by atoms with van der Waals surface area (Å²) in [4.78, 5) is 8.52. The maximum atomic E-state index is 4.37. The molecule has 1 N–H and O–H groups in total. The number of aromatic nitrogens is 2. The van der Waals surface area contributed by atoms with E-state index in [0.717, 1.165) is 30.0 Å². The van der Waals surface area contributed by atoms with Gasteiger partial charge in [0, 0.05) is 31.2 Å². The molecule has 4 bridgehead atoms. The van der Waals surface area contributed by atoms with Crippen molar-refractivity contribution >= 4 is 0 Å². The molecule has 0 spiro atoms. The highest BCUT2D eigenvalue weighted by molar-refractivity contribution is 5.05. The summed E-state index contributed by atoms with van der Waals surface area (Å²) in [6, 6.07) is 0.609. The van der Waals surface area contributed by atoms with Crippen LogP contribution >= 0.6 is 0 Å². The molecule has 0 aliphatic heterocycles. The average Bonchev–Trinajstić information content (AvgIpc) is 2.44. The third kappa shape index (κ3) is 2.16. The van der Waals surface area contributed by atoms with E-state index < -0.39 is 0 Å². The molecule has 1 heterocycles. The molecule has 1 aromatic rings. The third-order valence-corrected chi connectivity index (χ3v) is 6.21. The lowest BCUT2D eigenvalue weighted by molar-refractivity contribution is -0.0707. The van der Waals surface area contributed by atoms with E-state index in [0.29, 0.717) is 11.5 Å². The zero-order chi connectivity index (χ0) is 13.6. The van der Waals surface area contributed by atoms with Gasteiger partial charge >= 0.3 is 0 Å². The van der Waals surface area contributed by atoms with Gasteiger partial charge in [0.05, 0.1) is 5.69 Å². The van der Waals surface area contributed by atoms with Crippen LogP contribution in [0, 0.1) is 23.2 Å². The monoisotopic (exact) mass is 271 g/mol. The summed E-state index contributed by atoms with van der Waals surface area (Å²) in [5, 5.41) is 3.75. The van der Waals surface area contributed by atoms with Crippen LogP contribution in [0.4, 0.5) is 0 Å². The van der Waals surface area contributed by atoms with Gasteiger partial charge in [0.15, 0.2) is 0 Å².